The molecule has 2 atom stereocenters. The summed E-state index contributed by atoms with van der Waals surface area (Å²) in [5.41, 5.74) is 6.31. The minimum absolute atomic E-state index is 0.0624. The second-order valence-electron chi connectivity index (χ2n) is 6.78. The van der Waals surface area contributed by atoms with Gasteiger partial charge in [-0.25, -0.2) is 9.18 Å². The van der Waals surface area contributed by atoms with Crippen LogP contribution in [0, 0.1) is 5.82 Å². The van der Waals surface area contributed by atoms with E-state index in [0.29, 0.717) is 13.1 Å². The molecule has 0 heterocycles. The van der Waals surface area contributed by atoms with Crippen molar-refractivity contribution in [1.29, 1.82) is 0 Å². The number of hydrogen-bond acceptors (Lipinski definition) is 4. The van der Waals surface area contributed by atoms with Crippen LogP contribution in [-0.2, 0) is 11.3 Å². The number of nitrogens with one attached hydrogen (secondary N) is 1. The topological polar surface area (TPSA) is 67.6 Å². The van der Waals surface area contributed by atoms with Crippen LogP contribution in [0.3, 0.4) is 0 Å². The first-order valence-corrected chi connectivity index (χ1v) is 7.76. The minimum atomic E-state index is -0.540. The summed E-state index contributed by atoms with van der Waals surface area (Å²) in [6.07, 6.45) is -0.460. The standard InChI is InChI=1S/C17H28FN3O2/c1-12(20-16(22)23-17(2,3)4)15(10-19)21(5)11-13-6-8-14(18)9-7-13/h6-9,12,15H,10-11,19H2,1-5H3,(H,20,22). The van der Waals surface area contributed by atoms with Crippen LogP contribution in [0.15, 0.2) is 24.3 Å². The summed E-state index contributed by atoms with van der Waals surface area (Å²) >= 11 is 0. The summed E-state index contributed by atoms with van der Waals surface area (Å²) in [6.45, 7) is 8.34. The Kier molecular flexibility index (Phi) is 6.97. The van der Waals surface area contributed by atoms with Crippen LogP contribution in [0.1, 0.15) is 33.3 Å². The van der Waals surface area contributed by atoms with Crippen molar-refractivity contribution in [3.05, 3.63) is 35.6 Å². The number of ether oxygens (including phenoxy) is 1. The first-order valence-electron chi connectivity index (χ1n) is 7.76. The van der Waals surface area contributed by atoms with E-state index in [1.54, 1.807) is 12.1 Å². The summed E-state index contributed by atoms with van der Waals surface area (Å²) in [5, 5.41) is 2.82. The van der Waals surface area contributed by atoms with Gasteiger partial charge in [-0.1, -0.05) is 12.1 Å². The normalized spacial score (nSPS) is 14.4. The Morgan fingerprint density at radius 1 is 1.35 bits per heavy atom. The third-order valence-corrected chi connectivity index (χ3v) is 3.47. The minimum Gasteiger partial charge on any atom is -0.444 e. The van der Waals surface area contributed by atoms with E-state index < -0.39 is 11.7 Å². The van der Waals surface area contributed by atoms with Crippen LogP contribution < -0.4 is 11.1 Å². The number of rotatable bonds is 6. The molecule has 0 spiro atoms. The molecular weight excluding hydrogens is 297 g/mol. The van der Waals surface area contributed by atoms with Gasteiger partial charge in [-0.05, 0) is 52.4 Å². The fraction of sp³-hybridized carbons (Fsp3) is 0.588. The first-order chi connectivity index (χ1) is 10.6. The molecule has 6 heteroatoms. The highest BCUT2D eigenvalue weighted by Crippen LogP contribution is 2.11. The third-order valence-electron chi connectivity index (χ3n) is 3.47. The second-order valence-corrected chi connectivity index (χ2v) is 6.78. The average Bonchev–Trinajstić information content (AvgIpc) is 2.39. The molecule has 1 amide bonds. The molecule has 0 radical (unpaired) electrons. The molecule has 130 valence electrons. The zero-order valence-corrected chi connectivity index (χ0v) is 14.6. The molecule has 0 aliphatic carbocycles. The van der Waals surface area contributed by atoms with E-state index in [4.69, 9.17) is 10.5 Å². The number of carbonyl (C=O) groups is 1. The van der Waals surface area contributed by atoms with Crippen molar-refractivity contribution < 1.29 is 13.9 Å². The molecular formula is C17H28FN3O2. The van der Waals surface area contributed by atoms with Crippen LogP contribution in [0.2, 0.25) is 0 Å². The van der Waals surface area contributed by atoms with Crippen molar-refractivity contribution in [3.8, 4) is 0 Å². The number of nitrogens with zero attached hydrogens (tertiary/aromatic N) is 1. The molecule has 1 rings (SSSR count). The molecule has 0 aliphatic heterocycles. The first kappa shape index (κ1) is 19.4. The Hall–Kier alpha value is -1.66. The number of amides is 1. The zero-order chi connectivity index (χ0) is 17.6. The number of benzene rings is 1. The highest BCUT2D eigenvalue weighted by molar-refractivity contribution is 5.68. The molecule has 0 aromatic heterocycles. The van der Waals surface area contributed by atoms with Crippen molar-refractivity contribution in [2.75, 3.05) is 13.6 Å². The van der Waals surface area contributed by atoms with Crippen LogP contribution in [0.5, 0.6) is 0 Å². The lowest BCUT2D eigenvalue weighted by Crippen LogP contribution is -2.53. The van der Waals surface area contributed by atoms with Gasteiger partial charge >= 0.3 is 6.09 Å². The van der Waals surface area contributed by atoms with Gasteiger partial charge in [0.25, 0.3) is 0 Å². The van der Waals surface area contributed by atoms with Gasteiger partial charge in [0.05, 0.1) is 0 Å². The molecule has 5 nitrogen and oxygen atoms in total. The predicted octanol–water partition coefficient (Wildman–Crippen LogP) is 2.50. The van der Waals surface area contributed by atoms with Crippen molar-refractivity contribution in [1.82, 2.24) is 10.2 Å². The number of halogens is 1. The van der Waals surface area contributed by atoms with Gasteiger partial charge in [-0.15, -0.1) is 0 Å². The van der Waals surface area contributed by atoms with Gasteiger partial charge in [-0.3, -0.25) is 4.90 Å². The van der Waals surface area contributed by atoms with E-state index in [0.717, 1.165) is 5.56 Å². The summed E-state index contributed by atoms with van der Waals surface area (Å²) in [6, 6.07) is 6.11. The second kappa shape index (κ2) is 8.26. The average molecular weight is 325 g/mol. The molecule has 0 bridgehead atoms. The Morgan fingerprint density at radius 2 is 1.91 bits per heavy atom. The molecule has 2 unspecified atom stereocenters. The van der Waals surface area contributed by atoms with Crippen molar-refractivity contribution in [3.63, 3.8) is 0 Å². The van der Waals surface area contributed by atoms with Crippen LogP contribution in [0.4, 0.5) is 9.18 Å². The maximum absolute atomic E-state index is 13.0. The van der Waals surface area contributed by atoms with Crippen LogP contribution in [-0.4, -0.2) is 42.3 Å². The van der Waals surface area contributed by atoms with E-state index in [1.165, 1.54) is 12.1 Å². The van der Waals surface area contributed by atoms with E-state index in [2.05, 4.69) is 5.32 Å². The Labute approximate surface area is 138 Å². The zero-order valence-electron chi connectivity index (χ0n) is 14.6. The number of hydrogen-bond donors (Lipinski definition) is 2. The molecule has 0 aliphatic rings. The van der Waals surface area contributed by atoms with Crippen molar-refractivity contribution in [2.24, 2.45) is 5.73 Å². The van der Waals surface area contributed by atoms with E-state index in [1.807, 2.05) is 39.6 Å². The third kappa shape index (κ3) is 6.97. The Morgan fingerprint density at radius 3 is 2.39 bits per heavy atom. The van der Waals surface area contributed by atoms with Crippen molar-refractivity contribution >= 4 is 6.09 Å². The van der Waals surface area contributed by atoms with Gasteiger partial charge in [0, 0.05) is 25.2 Å². The van der Waals surface area contributed by atoms with Crippen molar-refractivity contribution in [2.45, 2.75) is 51.9 Å². The van der Waals surface area contributed by atoms with Crippen LogP contribution in [0.25, 0.3) is 0 Å². The Balaban J connectivity index is 2.62. The molecule has 23 heavy (non-hydrogen) atoms. The summed E-state index contributed by atoms with van der Waals surface area (Å²) in [7, 11) is 1.92. The molecule has 1 aromatic rings. The lowest BCUT2D eigenvalue weighted by molar-refractivity contribution is 0.0476. The van der Waals surface area contributed by atoms with E-state index in [-0.39, 0.29) is 17.9 Å². The SMILES string of the molecule is CC(NC(=O)OC(C)(C)C)C(CN)N(C)Cc1ccc(F)cc1. The van der Waals surface area contributed by atoms with Gasteiger partial charge in [0.2, 0.25) is 0 Å². The summed E-state index contributed by atoms with van der Waals surface area (Å²) in [5.74, 6) is -0.258. The molecule has 0 saturated heterocycles. The molecule has 0 saturated carbocycles. The Bertz CT molecular complexity index is 500. The highest BCUT2D eigenvalue weighted by atomic mass is 19.1. The molecule has 3 N–H and O–H groups in total. The lowest BCUT2D eigenvalue weighted by Gasteiger charge is -2.33. The number of nitrogens with two attached hydrogens (primary N) is 1. The van der Waals surface area contributed by atoms with Crippen LogP contribution >= 0.6 is 0 Å². The highest BCUT2D eigenvalue weighted by Gasteiger charge is 2.24. The van der Waals surface area contributed by atoms with Gasteiger partial charge in [0.1, 0.15) is 11.4 Å². The molecule has 1 aromatic carbocycles. The van der Waals surface area contributed by atoms with Gasteiger partial charge in [-0.2, -0.15) is 0 Å². The van der Waals surface area contributed by atoms with E-state index in [9.17, 15) is 9.18 Å². The van der Waals surface area contributed by atoms with E-state index >= 15 is 0 Å². The van der Waals surface area contributed by atoms with Gasteiger partial charge in [0.15, 0.2) is 0 Å². The maximum Gasteiger partial charge on any atom is 0.407 e. The van der Waals surface area contributed by atoms with Gasteiger partial charge < -0.3 is 15.8 Å². The number of likely N-dealkylation sites (N-methyl/N-ethyl adjacent to an activating group) is 1. The summed E-state index contributed by atoms with van der Waals surface area (Å²) < 4.78 is 18.2. The quantitative estimate of drug-likeness (QED) is 0.843. The smallest absolute Gasteiger partial charge is 0.407 e. The largest absolute Gasteiger partial charge is 0.444 e. The fourth-order valence-electron chi connectivity index (χ4n) is 2.35. The number of carbonyl (C=O) groups excluding carboxylic acids is 1. The predicted molar refractivity (Wildman–Crippen MR) is 89.5 cm³/mol. The molecule has 0 fully saturated rings. The summed E-state index contributed by atoms with van der Waals surface area (Å²) in [4.78, 5) is 13.9. The number of alkyl carbamates (subject to hydrolysis) is 1. The maximum atomic E-state index is 13.0. The fourth-order valence-corrected chi connectivity index (χ4v) is 2.35. The monoisotopic (exact) mass is 325 g/mol. The lowest BCUT2D eigenvalue weighted by atomic mass is 10.1.